The van der Waals surface area contributed by atoms with Gasteiger partial charge in [0.2, 0.25) is 5.76 Å². The quantitative estimate of drug-likeness (QED) is 0.888. The second-order valence-electron chi connectivity index (χ2n) is 4.34. The fraction of sp³-hybridized carbons (Fsp3) is 0.214. The zero-order chi connectivity index (χ0) is 14.7. The Bertz CT molecular complexity index is 661. The molecular weight excluding hydrogens is 260 g/mol. The summed E-state index contributed by atoms with van der Waals surface area (Å²) in [5, 5.41) is 11.4. The highest BCUT2D eigenvalue weighted by Crippen LogP contribution is 2.09. The summed E-state index contributed by atoms with van der Waals surface area (Å²) in [4.78, 5) is 26.9. The van der Waals surface area contributed by atoms with Crippen LogP contribution in [0.1, 0.15) is 38.1 Å². The number of aryl methyl sites for hydroxylation is 2. The van der Waals surface area contributed by atoms with Crippen LogP contribution in [0.5, 0.6) is 0 Å². The Kier molecular flexibility index (Phi) is 3.84. The number of amides is 1. The fourth-order valence-corrected chi connectivity index (χ4v) is 1.78. The molecule has 0 saturated carbocycles. The molecule has 104 valence electrons. The molecule has 6 nitrogen and oxygen atoms in total. The van der Waals surface area contributed by atoms with Crippen LogP contribution in [0.4, 0.5) is 0 Å². The van der Waals surface area contributed by atoms with E-state index < -0.39 is 5.97 Å². The Labute approximate surface area is 115 Å². The van der Waals surface area contributed by atoms with Crippen LogP contribution in [-0.4, -0.2) is 22.0 Å². The standard InChI is InChI=1S/C14H14N2O4/c1-8-3-5-11(9(2)16-8)13(17)15-7-10-4-6-12(20-10)14(18)19/h3-6H,7H2,1-2H3,(H,15,17)(H,18,19). The summed E-state index contributed by atoms with van der Waals surface area (Å²) in [5.74, 6) is -1.18. The fourth-order valence-electron chi connectivity index (χ4n) is 1.78. The number of pyridine rings is 1. The lowest BCUT2D eigenvalue weighted by Crippen LogP contribution is -2.23. The minimum absolute atomic E-state index is 0.124. The molecule has 1 amide bonds. The molecule has 0 aromatic carbocycles. The molecule has 0 atom stereocenters. The van der Waals surface area contributed by atoms with Gasteiger partial charge < -0.3 is 14.8 Å². The monoisotopic (exact) mass is 274 g/mol. The maximum Gasteiger partial charge on any atom is 0.371 e. The van der Waals surface area contributed by atoms with Crippen LogP contribution < -0.4 is 5.32 Å². The lowest BCUT2D eigenvalue weighted by Gasteiger charge is -2.06. The smallest absolute Gasteiger partial charge is 0.371 e. The van der Waals surface area contributed by atoms with E-state index in [0.29, 0.717) is 17.0 Å². The lowest BCUT2D eigenvalue weighted by molar-refractivity contribution is 0.0660. The minimum atomic E-state index is -1.14. The maximum atomic E-state index is 12.0. The molecule has 0 saturated heterocycles. The largest absolute Gasteiger partial charge is 0.475 e. The van der Waals surface area contributed by atoms with E-state index in [1.54, 1.807) is 19.1 Å². The highest BCUT2D eigenvalue weighted by molar-refractivity contribution is 5.95. The topological polar surface area (TPSA) is 92.4 Å². The Morgan fingerprint density at radius 1 is 1.25 bits per heavy atom. The van der Waals surface area contributed by atoms with Crippen molar-refractivity contribution >= 4 is 11.9 Å². The Hall–Kier alpha value is -2.63. The Morgan fingerprint density at radius 3 is 2.60 bits per heavy atom. The van der Waals surface area contributed by atoms with Crippen molar-refractivity contribution in [1.82, 2.24) is 10.3 Å². The summed E-state index contributed by atoms with van der Waals surface area (Å²) < 4.78 is 5.05. The van der Waals surface area contributed by atoms with Gasteiger partial charge in [-0.1, -0.05) is 0 Å². The van der Waals surface area contributed by atoms with Crippen molar-refractivity contribution in [2.45, 2.75) is 20.4 Å². The van der Waals surface area contributed by atoms with Gasteiger partial charge in [0.15, 0.2) is 0 Å². The lowest BCUT2D eigenvalue weighted by atomic mass is 10.1. The predicted octanol–water partition coefficient (Wildman–Crippen LogP) is 1.92. The van der Waals surface area contributed by atoms with Gasteiger partial charge in [0.05, 0.1) is 17.8 Å². The van der Waals surface area contributed by atoms with Crippen LogP contribution in [0.25, 0.3) is 0 Å². The van der Waals surface area contributed by atoms with Gasteiger partial charge in [-0.15, -0.1) is 0 Å². The molecule has 20 heavy (non-hydrogen) atoms. The number of aromatic carboxylic acids is 1. The first-order valence-corrected chi connectivity index (χ1v) is 6.02. The van der Waals surface area contributed by atoms with E-state index in [1.807, 2.05) is 6.92 Å². The molecular formula is C14H14N2O4. The van der Waals surface area contributed by atoms with Gasteiger partial charge in [0.25, 0.3) is 5.91 Å². The third-order valence-corrected chi connectivity index (χ3v) is 2.77. The zero-order valence-corrected chi connectivity index (χ0v) is 11.1. The number of aromatic nitrogens is 1. The molecule has 2 aromatic heterocycles. The second-order valence-corrected chi connectivity index (χ2v) is 4.34. The number of carboxylic acid groups (broad SMARTS) is 1. The number of carbonyl (C=O) groups excluding carboxylic acids is 1. The van der Waals surface area contributed by atoms with Crippen LogP contribution in [0.3, 0.4) is 0 Å². The number of nitrogens with zero attached hydrogens (tertiary/aromatic N) is 1. The van der Waals surface area contributed by atoms with Crippen molar-refractivity contribution in [2.75, 3.05) is 0 Å². The molecule has 6 heteroatoms. The molecule has 2 rings (SSSR count). The van der Waals surface area contributed by atoms with Crippen molar-refractivity contribution < 1.29 is 19.1 Å². The van der Waals surface area contributed by atoms with Crippen molar-refractivity contribution in [1.29, 1.82) is 0 Å². The molecule has 0 fully saturated rings. The highest BCUT2D eigenvalue weighted by Gasteiger charge is 2.12. The van der Waals surface area contributed by atoms with Crippen LogP contribution in [0, 0.1) is 13.8 Å². The molecule has 0 aliphatic rings. The SMILES string of the molecule is Cc1ccc(C(=O)NCc2ccc(C(=O)O)o2)c(C)n1. The van der Waals surface area contributed by atoms with Gasteiger partial charge in [-0.25, -0.2) is 4.79 Å². The first-order valence-electron chi connectivity index (χ1n) is 6.02. The van der Waals surface area contributed by atoms with Crippen molar-refractivity contribution in [2.24, 2.45) is 0 Å². The molecule has 0 bridgehead atoms. The average Bonchev–Trinajstić information content (AvgIpc) is 2.85. The van der Waals surface area contributed by atoms with Gasteiger partial charge >= 0.3 is 5.97 Å². The van der Waals surface area contributed by atoms with Crippen molar-refractivity contribution in [3.63, 3.8) is 0 Å². The van der Waals surface area contributed by atoms with E-state index >= 15 is 0 Å². The number of hydrogen-bond acceptors (Lipinski definition) is 4. The zero-order valence-electron chi connectivity index (χ0n) is 11.1. The van der Waals surface area contributed by atoms with E-state index in [9.17, 15) is 9.59 Å². The molecule has 0 aliphatic heterocycles. The number of nitrogens with one attached hydrogen (secondary N) is 1. The normalized spacial score (nSPS) is 10.3. The highest BCUT2D eigenvalue weighted by atomic mass is 16.4. The van der Waals surface area contributed by atoms with Gasteiger partial charge in [-0.3, -0.25) is 9.78 Å². The minimum Gasteiger partial charge on any atom is -0.475 e. The first-order chi connectivity index (χ1) is 9.47. The third-order valence-electron chi connectivity index (χ3n) is 2.77. The number of carboxylic acids is 1. The van der Waals surface area contributed by atoms with Gasteiger partial charge in [0, 0.05) is 5.69 Å². The predicted molar refractivity (Wildman–Crippen MR) is 70.5 cm³/mol. The molecule has 0 spiro atoms. The van der Waals surface area contributed by atoms with Crippen LogP contribution in [-0.2, 0) is 6.54 Å². The van der Waals surface area contributed by atoms with Gasteiger partial charge in [0.1, 0.15) is 5.76 Å². The van der Waals surface area contributed by atoms with Crippen molar-refractivity contribution in [3.05, 3.63) is 52.7 Å². The second kappa shape index (κ2) is 5.56. The number of furan rings is 1. The summed E-state index contributed by atoms with van der Waals surface area (Å²) in [7, 11) is 0. The summed E-state index contributed by atoms with van der Waals surface area (Å²) in [5.41, 5.74) is 1.98. The van der Waals surface area contributed by atoms with E-state index in [2.05, 4.69) is 10.3 Å². The number of hydrogen-bond donors (Lipinski definition) is 2. The Morgan fingerprint density at radius 2 is 2.00 bits per heavy atom. The molecule has 0 aliphatic carbocycles. The van der Waals surface area contributed by atoms with E-state index in [1.165, 1.54) is 12.1 Å². The average molecular weight is 274 g/mol. The van der Waals surface area contributed by atoms with E-state index in [0.717, 1.165) is 5.69 Å². The summed E-state index contributed by atoms with van der Waals surface area (Å²) >= 11 is 0. The molecule has 0 unspecified atom stereocenters. The van der Waals surface area contributed by atoms with Crippen LogP contribution in [0.15, 0.2) is 28.7 Å². The summed E-state index contributed by atoms with van der Waals surface area (Å²) in [6.45, 7) is 3.74. The van der Waals surface area contributed by atoms with Crippen LogP contribution >= 0.6 is 0 Å². The van der Waals surface area contributed by atoms with Gasteiger partial charge in [-0.2, -0.15) is 0 Å². The summed E-state index contributed by atoms with van der Waals surface area (Å²) in [6.07, 6.45) is 0. The maximum absolute atomic E-state index is 12.0. The van der Waals surface area contributed by atoms with E-state index in [-0.39, 0.29) is 18.2 Å². The molecule has 2 N–H and O–H groups in total. The first kappa shape index (κ1) is 13.8. The van der Waals surface area contributed by atoms with Gasteiger partial charge in [-0.05, 0) is 38.1 Å². The number of carbonyl (C=O) groups is 2. The van der Waals surface area contributed by atoms with E-state index in [4.69, 9.17) is 9.52 Å². The summed E-state index contributed by atoms with van der Waals surface area (Å²) in [6, 6.07) is 6.33. The molecule has 2 heterocycles. The van der Waals surface area contributed by atoms with Crippen molar-refractivity contribution in [3.8, 4) is 0 Å². The number of rotatable bonds is 4. The third kappa shape index (κ3) is 3.03. The molecule has 0 radical (unpaired) electrons. The molecule has 2 aromatic rings. The Balaban J connectivity index is 2.02. The van der Waals surface area contributed by atoms with Crippen LogP contribution in [0.2, 0.25) is 0 Å².